The van der Waals surface area contributed by atoms with E-state index in [2.05, 4.69) is 5.32 Å². The van der Waals surface area contributed by atoms with Crippen molar-refractivity contribution in [1.82, 2.24) is 9.62 Å². The van der Waals surface area contributed by atoms with E-state index in [1.165, 1.54) is 16.4 Å². The molecule has 3 N–H and O–H groups in total. The molecule has 0 spiro atoms. The third-order valence-corrected chi connectivity index (χ3v) is 5.23. The van der Waals surface area contributed by atoms with E-state index in [0.717, 1.165) is 0 Å². The Labute approximate surface area is 136 Å². The number of carbonyl (C=O) groups excluding carboxylic acids is 1. The Morgan fingerprint density at radius 3 is 2.48 bits per heavy atom. The lowest BCUT2D eigenvalue weighted by atomic mass is 10.2. The molecule has 0 saturated carbocycles. The highest BCUT2D eigenvalue weighted by Crippen LogP contribution is 2.19. The third kappa shape index (κ3) is 4.43. The lowest BCUT2D eigenvalue weighted by Gasteiger charge is -2.33. The van der Waals surface area contributed by atoms with Crippen LogP contribution in [0.15, 0.2) is 29.2 Å². The van der Waals surface area contributed by atoms with Crippen LogP contribution in [0.3, 0.4) is 0 Å². The van der Waals surface area contributed by atoms with Crippen LogP contribution in [0.2, 0.25) is 0 Å². The van der Waals surface area contributed by atoms with Crippen LogP contribution < -0.4 is 11.1 Å². The van der Waals surface area contributed by atoms with E-state index in [4.69, 9.17) is 10.5 Å². The third-order valence-electron chi connectivity index (χ3n) is 3.35. The Hall–Kier alpha value is -1.64. The highest BCUT2D eigenvalue weighted by molar-refractivity contribution is 7.89. The zero-order valence-electron chi connectivity index (χ0n) is 13.6. The molecule has 1 atom stereocenters. The summed E-state index contributed by atoms with van der Waals surface area (Å²) in [6.45, 7) is 6.05. The van der Waals surface area contributed by atoms with Crippen molar-refractivity contribution in [2.24, 2.45) is 0 Å². The number of sulfonamides is 1. The number of piperazine rings is 1. The molecular formula is C15H23N3O4S. The largest absolute Gasteiger partial charge is 0.459 e. The molecule has 0 aromatic heterocycles. The summed E-state index contributed by atoms with van der Waals surface area (Å²) in [4.78, 5) is 12.3. The topological polar surface area (TPSA) is 102 Å². The fraction of sp³-hybridized carbons (Fsp3) is 0.533. The number of hydrogen-bond acceptors (Lipinski definition) is 6. The molecule has 0 aliphatic carbocycles. The average molecular weight is 341 g/mol. The summed E-state index contributed by atoms with van der Waals surface area (Å²) in [7, 11) is -3.66. The molecule has 1 aliphatic rings. The van der Waals surface area contributed by atoms with Gasteiger partial charge in [-0.2, -0.15) is 4.31 Å². The van der Waals surface area contributed by atoms with Crippen LogP contribution in [0.5, 0.6) is 0 Å². The number of rotatable bonds is 3. The monoisotopic (exact) mass is 341 g/mol. The number of nitrogen functional groups attached to an aromatic ring is 1. The molecule has 1 aliphatic heterocycles. The molecule has 8 heteroatoms. The number of ether oxygens (including phenoxy) is 1. The van der Waals surface area contributed by atoms with Gasteiger partial charge in [0.2, 0.25) is 10.0 Å². The molecule has 0 radical (unpaired) electrons. The first-order valence-electron chi connectivity index (χ1n) is 7.41. The smallest absolute Gasteiger partial charge is 0.325 e. The Morgan fingerprint density at radius 2 is 1.91 bits per heavy atom. The van der Waals surface area contributed by atoms with Crippen molar-refractivity contribution in [2.45, 2.75) is 37.3 Å². The fourth-order valence-electron chi connectivity index (χ4n) is 2.26. The molecule has 1 aromatic rings. The van der Waals surface area contributed by atoms with Gasteiger partial charge in [-0.1, -0.05) is 0 Å². The van der Waals surface area contributed by atoms with Crippen molar-refractivity contribution in [3.8, 4) is 0 Å². The maximum Gasteiger partial charge on any atom is 0.325 e. The van der Waals surface area contributed by atoms with E-state index in [9.17, 15) is 13.2 Å². The van der Waals surface area contributed by atoms with Gasteiger partial charge in [0.15, 0.2) is 0 Å². The summed E-state index contributed by atoms with van der Waals surface area (Å²) in [5, 5.41) is 3.00. The van der Waals surface area contributed by atoms with Crippen LogP contribution >= 0.6 is 0 Å². The van der Waals surface area contributed by atoms with Crippen molar-refractivity contribution in [2.75, 3.05) is 25.4 Å². The summed E-state index contributed by atoms with van der Waals surface area (Å²) >= 11 is 0. The second-order valence-electron chi connectivity index (χ2n) is 6.47. The van der Waals surface area contributed by atoms with Crippen molar-refractivity contribution in [3.63, 3.8) is 0 Å². The number of esters is 1. The molecule has 128 valence electrons. The van der Waals surface area contributed by atoms with Gasteiger partial charge in [0.1, 0.15) is 11.6 Å². The summed E-state index contributed by atoms with van der Waals surface area (Å²) in [5.74, 6) is -0.449. The van der Waals surface area contributed by atoms with Crippen molar-refractivity contribution in [3.05, 3.63) is 24.3 Å². The van der Waals surface area contributed by atoms with Gasteiger partial charge in [-0.3, -0.25) is 4.79 Å². The molecule has 1 aromatic carbocycles. The standard InChI is InChI=1S/C15H23N3O4S/c1-15(2,3)22-14(19)13-10-18(9-8-17-13)23(20,21)12-6-4-11(16)5-7-12/h4-7,13,17H,8-10,16H2,1-3H3/t13-/m1/s1. The highest BCUT2D eigenvalue weighted by atomic mass is 32.2. The van der Waals surface area contributed by atoms with Crippen LogP contribution in [0, 0.1) is 0 Å². The zero-order valence-corrected chi connectivity index (χ0v) is 14.4. The maximum absolute atomic E-state index is 12.7. The predicted molar refractivity (Wildman–Crippen MR) is 87.2 cm³/mol. The average Bonchev–Trinajstić information content (AvgIpc) is 2.46. The summed E-state index contributed by atoms with van der Waals surface area (Å²) in [6.07, 6.45) is 0. The number of anilines is 1. The van der Waals surface area contributed by atoms with Crippen molar-refractivity contribution in [1.29, 1.82) is 0 Å². The van der Waals surface area contributed by atoms with Gasteiger partial charge in [-0.15, -0.1) is 0 Å². The minimum absolute atomic E-state index is 0.0433. The SMILES string of the molecule is CC(C)(C)OC(=O)[C@H]1CN(S(=O)(=O)c2ccc(N)cc2)CCN1. The van der Waals surface area contributed by atoms with Crippen molar-refractivity contribution >= 4 is 21.7 Å². The molecule has 2 rings (SSSR count). The van der Waals surface area contributed by atoms with Gasteiger partial charge >= 0.3 is 5.97 Å². The zero-order chi connectivity index (χ0) is 17.3. The number of benzene rings is 1. The van der Waals surface area contributed by atoms with Gasteiger partial charge < -0.3 is 15.8 Å². The molecule has 7 nitrogen and oxygen atoms in total. The van der Waals surface area contributed by atoms with Gasteiger partial charge in [0.25, 0.3) is 0 Å². The van der Waals surface area contributed by atoms with E-state index < -0.39 is 27.6 Å². The molecule has 0 bridgehead atoms. The minimum Gasteiger partial charge on any atom is -0.459 e. The summed E-state index contributed by atoms with van der Waals surface area (Å²) in [6, 6.07) is 5.34. The first-order chi connectivity index (χ1) is 10.6. The maximum atomic E-state index is 12.7. The highest BCUT2D eigenvalue weighted by Gasteiger charge is 2.35. The van der Waals surface area contributed by atoms with Crippen LogP contribution in [-0.4, -0.2) is 50.0 Å². The molecule has 1 heterocycles. The fourth-order valence-corrected chi connectivity index (χ4v) is 3.72. The van der Waals surface area contributed by atoms with Gasteiger partial charge in [0, 0.05) is 25.3 Å². The predicted octanol–water partition coefficient (Wildman–Crippen LogP) is 0.573. The van der Waals surface area contributed by atoms with Crippen molar-refractivity contribution < 1.29 is 17.9 Å². The molecule has 23 heavy (non-hydrogen) atoms. The Bertz CT molecular complexity index is 665. The molecule has 1 saturated heterocycles. The first kappa shape index (κ1) is 17.7. The number of carbonyl (C=O) groups is 1. The van der Waals surface area contributed by atoms with E-state index in [0.29, 0.717) is 18.8 Å². The van der Waals surface area contributed by atoms with Gasteiger partial charge in [-0.05, 0) is 45.0 Å². The lowest BCUT2D eigenvalue weighted by Crippen LogP contribution is -2.56. The minimum atomic E-state index is -3.66. The summed E-state index contributed by atoms with van der Waals surface area (Å²) in [5.41, 5.74) is 5.47. The number of nitrogens with zero attached hydrogens (tertiary/aromatic N) is 1. The van der Waals surface area contributed by atoms with Gasteiger partial charge in [-0.25, -0.2) is 8.42 Å². The van der Waals surface area contributed by atoms with E-state index in [-0.39, 0.29) is 11.4 Å². The van der Waals surface area contributed by atoms with Gasteiger partial charge in [0.05, 0.1) is 4.90 Å². The Balaban J connectivity index is 2.14. The van der Waals surface area contributed by atoms with Crippen LogP contribution in [0.4, 0.5) is 5.69 Å². The summed E-state index contributed by atoms with van der Waals surface area (Å²) < 4.78 is 31.9. The van der Waals surface area contributed by atoms with Crippen LogP contribution in [0.1, 0.15) is 20.8 Å². The second-order valence-corrected chi connectivity index (χ2v) is 8.41. The van der Waals surface area contributed by atoms with Crippen LogP contribution in [-0.2, 0) is 19.6 Å². The van der Waals surface area contributed by atoms with E-state index >= 15 is 0 Å². The van der Waals surface area contributed by atoms with E-state index in [1.807, 2.05) is 0 Å². The number of nitrogens with one attached hydrogen (secondary N) is 1. The normalized spacial score (nSPS) is 20.2. The molecular weight excluding hydrogens is 318 g/mol. The quantitative estimate of drug-likeness (QED) is 0.616. The van der Waals surface area contributed by atoms with Crippen LogP contribution in [0.25, 0.3) is 0 Å². The molecule has 0 amide bonds. The Morgan fingerprint density at radius 1 is 1.30 bits per heavy atom. The number of hydrogen-bond donors (Lipinski definition) is 2. The number of nitrogens with two attached hydrogens (primary N) is 1. The second kappa shape index (κ2) is 6.46. The lowest BCUT2D eigenvalue weighted by molar-refractivity contribution is -0.158. The first-order valence-corrected chi connectivity index (χ1v) is 8.85. The molecule has 1 fully saturated rings. The Kier molecular flexibility index (Phi) is 4.98. The molecule has 0 unspecified atom stereocenters. The van der Waals surface area contributed by atoms with E-state index in [1.54, 1.807) is 32.9 Å².